The minimum atomic E-state index is -0.873. The number of amides is 1. The fourth-order valence-electron chi connectivity index (χ4n) is 2.12. The number of nitrogens with zero attached hydrogens (tertiary/aromatic N) is 1. The van der Waals surface area contributed by atoms with E-state index in [0.29, 0.717) is 0 Å². The maximum absolute atomic E-state index is 12.2. The third kappa shape index (κ3) is 2.53. The van der Waals surface area contributed by atoms with Gasteiger partial charge in [-0.15, -0.1) is 0 Å². The van der Waals surface area contributed by atoms with Crippen LogP contribution < -0.4 is 0 Å². The van der Waals surface area contributed by atoms with Crippen LogP contribution in [0.1, 0.15) is 11.7 Å². The van der Waals surface area contributed by atoms with Crippen LogP contribution in [0, 0.1) is 0 Å². The number of aliphatic hydroxyl groups excluding tert-OH is 2. The van der Waals surface area contributed by atoms with E-state index in [4.69, 9.17) is 4.74 Å². The predicted molar refractivity (Wildman–Crippen MR) is 64.8 cm³/mol. The topological polar surface area (TPSA) is 70.0 Å². The van der Waals surface area contributed by atoms with Gasteiger partial charge in [0.15, 0.2) is 6.10 Å². The highest BCUT2D eigenvalue weighted by Gasteiger charge is 2.36. The monoisotopic (exact) mass is 251 g/mol. The van der Waals surface area contributed by atoms with Gasteiger partial charge in [0, 0.05) is 20.2 Å². The van der Waals surface area contributed by atoms with E-state index in [9.17, 15) is 15.0 Å². The minimum Gasteiger partial charge on any atom is -0.388 e. The van der Waals surface area contributed by atoms with Crippen molar-refractivity contribution in [3.8, 4) is 0 Å². The van der Waals surface area contributed by atoms with E-state index < -0.39 is 18.3 Å². The summed E-state index contributed by atoms with van der Waals surface area (Å²) in [7, 11) is 1.47. The lowest BCUT2D eigenvalue weighted by Crippen LogP contribution is -2.35. The van der Waals surface area contributed by atoms with Gasteiger partial charge in [0.05, 0.1) is 12.2 Å². The maximum Gasteiger partial charge on any atom is 0.256 e. The zero-order valence-corrected chi connectivity index (χ0v) is 10.2. The summed E-state index contributed by atoms with van der Waals surface area (Å²) in [5, 5.41) is 18.9. The van der Waals surface area contributed by atoms with Crippen LogP contribution in [-0.2, 0) is 9.53 Å². The number of carbonyl (C=O) groups excluding carboxylic acids is 1. The number of likely N-dealkylation sites (tertiary alicyclic amines) is 1. The number of aliphatic hydroxyl groups is 2. The van der Waals surface area contributed by atoms with Crippen molar-refractivity contribution in [2.75, 3.05) is 20.2 Å². The molecule has 0 saturated carbocycles. The lowest BCUT2D eigenvalue weighted by Gasteiger charge is -2.22. The Kier molecular flexibility index (Phi) is 3.96. The fraction of sp³-hybridized carbons (Fsp3) is 0.462. The summed E-state index contributed by atoms with van der Waals surface area (Å²) in [5.41, 5.74) is 0.765. The van der Waals surface area contributed by atoms with Gasteiger partial charge in [0.1, 0.15) is 0 Å². The van der Waals surface area contributed by atoms with Gasteiger partial charge in [-0.3, -0.25) is 4.79 Å². The molecule has 1 aromatic carbocycles. The Hall–Kier alpha value is -1.43. The summed E-state index contributed by atoms with van der Waals surface area (Å²) in [6.07, 6.45) is -2.44. The van der Waals surface area contributed by atoms with E-state index in [-0.39, 0.29) is 19.0 Å². The Labute approximate surface area is 106 Å². The number of hydrogen-bond acceptors (Lipinski definition) is 4. The van der Waals surface area contributed by atoms with Gasteiger partial charge in [-0.25, -0.2) is 0 Å². The molecule has 3 atom stereocenters. The highest BCUT2D eigenvalue weighted by Crippen LogP contribution is 2.22. The van der Waals surface area contributed by atoms with Crippen molar-refractivity contribution >= 4 is 5.91 Å². The minimum absolute atomic E-state index is 0.146. The summed E-state index contributed by atoms with van der Waals surface area (Å²) in [6.45, 7) is 0.291. The molecule has 5 heteroatoms. The Bertz CT molecular complexity index is 399. The highest BCUT2D eigenvalue weighted by atomic mass is 16.5. The van der Waals surface area contributed by atoms with Crippen molar-refractivity contribution in [3.05, 3.63) is 35.9 Å². The zero-order chi connectivity index (χ0) is 13.1. The quantitative estimate of drug-likeness (QED) is 0.789. The zero-order valence-electron chi connectivity index (χ0n) is 10.2. The first-order valence-electron chi connectivity index (χ1n) is 5.86. The SMILES string of the molecule is COC(C(=O)N1C[C@@H](O)[C@@H](O)C1)c1ccccc1. The van der Waals surface area contributed by atoms with E-state index in [1.165, 1.54) is 12.0 Å². The summed E-state index contributed by atoms with van der Waals surface area (Å²) in [4.78, 5) is 13.7. The van der Waals surface area contributed by atoms with E-state index in [2.05, 4.69) is 0 Å². The first kappa shape index (κ1) is 13.0. The Morgan fingerprint density at radius 3 is 2.33 bits per heavy atom. The number of hydrogen-bond donors (Lipinski definition) is 2. The number of methoxy groups -OCH3 is 1. The molecular formula is C13H17NO4. The van der Waals surface area contributed by atoms with Gasteiger partial charge in [-0.1, -0.05) is 30.3 Å². The van der Waals surface area contributed by atoms with Crippen molar-refractivity contribution in [3.63, 3.8) is 0 Å². The number of rotatable bonds is 3. The molecule has 1 amide bonds. The van der Waals surface area contributed by atoms with Crippen molar-refractivity contribution in [1.82, 2.24) is 4.90 Å². The average molecular weight is 251 g/mol. The van der Waals surface area contributed by atoms with E-state index >= 15 is 0 Å². The van der Waals surface area contributed by atoms with Gasteiger partial charge in [0.25, 0.3) is 5.91 Å². The van der Waals surface area contributed by atoms with Crippen LogP contribution in [0.2, 0.25) is 0 Å². The molecule has 1 aliphatic rings. The number of ether oxygens (including phenoxy) is 1. The summed E-state index contributed by atoms with van der Waals surface area (Å²) < 4.78 is 5.23. The van der Waals surface area contributed by atoms with Crippen LogP contribution in [0.3, 0.4) is 0 Å². The molecule has 1 fully saturated rings. The van der Waals surface area contributed by atoms with Crippen LogP contribution in [0.15, 0.2) is 30.3 Å². The van der Waals surface area contributed by atoms with Gasteiger partial charge >= 0.3 is 0 Å². The predicted octanol–water partition coefficient (Wildman–Crippen LogP) is -0.0619. The molecule has 5 nitrogen and oxygen atoms in total. The third-order valence-corrected chi connectivity index (χ3v) is 3.13. The average Bonchev–Trinajstić information content (AvgIpc) is 2.72. The molecule has 0 aliphatic carbocycles. The van der Waals surface area contributed by atoms with E-state index in [1.807, 2.05) is 30.3 Å². The Morgan fingerprint density at radius 1 is 1.28 bits per heavy atom. The lowest BCUT2D eigenvalue weighted by molar-refractivity contribution is -0.141. The van der Waals surface area contributed by atoms with Gasteiger partial charge in [0.2, 0.25) is 0 Å². The molecule has 18 heavy (non-hydrogen) atoms. The van der Waals surface area contributed by atoms with Gasteiger partial charge < -0.3 is 19.8 Å². The smallest absolute Gasteiger partial charge is 0.256 e. The molecule has 0 bridgehead atoms. The van der Waals surface area contributed by atoms with Crippen molar-refractivity contribution in [2.24, 2.45) is 0 Å². The molecule has 1 unspecified atom stereocenters. The van der Waals surface area contributed by atoms with E-state index in [0.717, 1.165) is 5.56 Å². The molecule has 0 radical (unpaired) electrons. The number of β-amino-alcohol motifs (C(OH)–C–C–N with tert-alkyl or cyclic N) is 2. The summed E-state index contributed by atoms with van der Waals surface area (Å²) in [5.74, 6) is -0.237. The van der Waals surface area contributed by atoms with Crippen molar-refractivity contribution < 1.29 is 19.7 Å². The van der Waals surface area contributed by atoms with Gasteiger partial charge in [-0.05, 0) is 5.56 Å². The lowest BCUT2D eigenvalue weighted by atomic mass is 10.1. The highest BCUT2D eigenvalue weighted by molar-refractivity contribution is 5.82. The molecule has 1 aromatic rings. The van der Waals surface area contributed by atoms with Crippen LogP contribution in [0.25, 0.3) is 0 Å². The van der Waals surface area contributed by atoms with Crippen LogP contribution in [-0.4, -0.2) is 53.4 Å². The molecule has 1 heterocycles. The normalized spacial score (nSPS) is 25.2. The van der Waals surface area contributed by atoms with Crippen molar-refractivity contribution in [2.45, 2.75) is 18.3 Å². The summed E-state index contributed by atoms with van der Waals surface area (Å²) >= 11 is 0. The fourth-order valence-corrected chi connectivity index (χ4v) is 2.12. The molecular weight excluding hydrogens is 234 g/mol. The second-order valence-electron chi connectivity index (χ2n) is 4.40. The molecule has 2 rings (SSSR count). The second kappa shape index (κ2) is 5.48. The summed E-state index contributed by atoms with van der Waals surface area (Å²) in [6, 6.07) is 9.17. The molecule has 1 aliphatic heterocycles. The van der Waals surface area contributed by atoms with Gasteiger partial charge in [-0.2, -0.15) is 0 Å². The maximum atomic E-state index is 12.2. The standard InChI is InChI=1S/C13H17NO4/c1-18-12(9-5-3-2-4-6-9)13(17)14-7-10(15)11(16)8-14/h2-6,10-12,15-16H,7-8H2,1H3/t10-,11+,12?. The molecule has 2 N–H and O–H groups in total. The van der Waals surface area contributed by atoms with Crippen LogP contribution in [0.4, 0.5) is 0 Å². The molecule has 1 saturated heterocycles. The molecule has 98 valence electrons. The third-order valence-electron chi connectivity index (χ3n) is 3.13. The number of carbonyl (C=O) groups is 1. The molecule has 0 spiro atoms. The van der Waals surface area contributed by atoms with Crippen LogP contribution in [0.5, 0.6) is 0 Å². The van der Waals surface area contributed by atoms with Crippen LogP contribution >= 0.6 is 0 Å². The van der Waals surface area contributed by atoms with E-state index in [1.54, 1.807) is 0 Å². The second-order valence-corrected chi connectivity index (χ2v) is 4.40. The Morgan fingerprint density at radius 2 is 1.83 bits per heavy atom. The molecule has 0 aromatic heterocycles. The Balaban J connectivity index is 2.12. The first-order valence-corrected chi connectivity index (χ1v) is 5.86. The number of benzene rings is 1. The van der Waals surface area contributed by atoms with Crippen molar-refractivity contribution in [1.29, 1.82) is 0 Å². The first-order chi connectivity index (χ1) is 8.63. The largest absolute Gasteiger partial charge is 0.388 e.